The number of thioether (sulfide) groups is 1. The van der Waals surface area contributed by atoms with Crippen molar-refractivity contribution in [3.63, 3.8) is 0 Å². The van der Waals surface area contributed by atoms with Gasteiger partial charge in [0.15, 0.2) is 4.34 Å². The molecule has 112 valence electrons. The molecule has 1 amide bonds. The van der Waals surface area contributed by atoms with Crippen LogP contribution in [0.3, 0.4) is 0 Å². The van der Waals surface area contributed by atoms with E-state index in [1.54, 1.807) is 6.07 Å². The van der Waals surface area contributed by atoms with Gasteiger partial charge in [-0.2, -0.15) is 0 Å². The molecular formula is C14H16FN3OS2. The van der Waals surface area contributed by atoms with E-state index in [9.17, 15) is 9.18 Å². The largest absolute Gasteiger partial charge is 0.301 e. The maximum absolute atomic E-state index is 13.1. The normalized spacial score (nSPS) is 10.6. The zero-order valence-electron chi connectivity index (χ0n) is 11.6. The predicted molar refractivity (Wildman–Crippen MR) is 84.0 cm³/mol. The van der Waals surface area contributed by atoms with Gasteiger partial charge in [-0.05, 0) is 24.1 Å². The van der Waals surface area contributed by atoms with E-state index in [-0.39, 0.29) is 11.7 Å². The fourth-order valence-corrected chi connectivity index (χ4v) is 3.32. The highest BCUT2D eigenvalue weighted by atomic mass is 32.2. The average molecular weight is 325 g/mol. The van der Waals surface area contributed by atoms with Gasteiger partial charge < -0.3 is 5.32 Å². The highest BCUT2D eigenvalue weighted by molar-refractivity contribution is 8.00. The number of hydrogen-bond donors (Lipinski definition) is 1. The predicted octanol–water partition coefficient (Wildman–Crippen LogP) is 4.10. The van der Waals surface area contributed by atoms with Crippen molar-refractivity contribution < 1.29 is 9.18 Å². The molecule has 0 bridgehead atoms. The number of nitrogens with zero attached hydrogens (tertiary/aromatic N) is 2. The molecule has 0 aliphatic heterocycles. The second-order valence-electron chi connectivity index (χ2n) is 4.44. The molecule has 0 saturated carbocycles. The number of carbonyl (C=O) groups is 1. The Morgan fingerprint density at radius 1 is 1.43 bits per heavy atom. The van der Waals surface area contributed by atoms with Gasteiger partial charge in [0.1, 0.15) is 5.82 Å². The summed E-state index contributed by atoms with van der Waals surface area (Å²) >= 11 is 2.81. The summed E-state index contributed by atoms with van der Waals surface area (Å²) in [6.45, 7) is 2.04. The first-order valence-corrected chi connectivity index (χ1v) is 8.48. The fourth-order valence-electron chi connectivity index (χ4n) is 1.61. The van der Waals surface area contributed by atoms with E-state index in [2.05, 4.69) is 15.5 Å². The van der Waals surface area contributed by atoms with Crippen LogP contribution in [0.5, 0.6) is 0 Å². The van der Waals surface area contributed by atoms with Gasteiger partial charge in [0.25, 0.3) is 0 Å². The molecule has 7 heteroatoms. The molecule has 0 aliphatic rings. The topological polar surface area (TPSA) is 54.9 Å². The van der Waals surface area contributed by atoms with E-state index in [4.69, 9.17) is 0 Å². The van der Waals surface area contributed by atoms with Crippen molar-refractivity contribution in [2.24, 2.45) is 0 Å². The fraction of sp³-hybridized carbons (Fsp3) is 0.357. The summed E-state index contributed by atoms with van der Waals surface area (Å²) in [5.41, 5.74) is 0.892. The van der Waals surface area contributed by atoms with Gasteiger partial charge in [0.2, 0.25) is 11.0 Å². The van der Waals surface area contributed by atoms with Crippen LogP contribution in [-0.4, -0.2) is 16.1 Å². The third-order valence-electron chi connectivity index (χ3n) is 2.66. The molecule has 2 aromatic rings. The van der Waals surface area contributed by atoms with Crippen LogP contribution >= 0.6 is 23.1 Å². The number of carbonyl (C=O) groups excluding carboxylic acids is 1. The van der Waals surface area contributed by atoms with Crippen LogP contribution in [0, 0.1) is 5.82 Å². The first-order chi connectivity index (χ1) is 10.2. The molecule has 0 radical (unpaired) electrons. The van der Waals surface area contributed by atoms with Gasteiger partial charge in [0, 0.05) is 12.2 Å². The van der Waals surface area contributed by atoms with Gasteiger partial charge >= 0.3 is 0 Å². The van der Waals surface area contributed by atoms with Gasteiger partial charge in [-0.3, -0.25) is 4.79 Å². The summed E-state index contributed by atoms with van der Waals surface area (Å²) in [4.78, 5) is 11.6. The summed E-state index contributed by atoms with van der Waals surface area (Å²) in [5, 5.41) is 11.2. The smallest absolute Gasteiger partial charge is 0.226 e. The summed E-state index contributed by atoms with van der Waals surface area (Å²) in [5.74, 6) is 0.347. The third kappa shape index (κ3) is 5.43. The first-order valence-electron chi connectivity index (χ1n) is 6.68. The molecule has 1 aromatic heterocycles. The third-order valence-corrected chi connectivity index (χ3v) is 4.70. The van der Waals surface area contributed by atoms with Crippen LogP contribution in [0.25, 0.3) is 0 Å². The minimum Gasteiger partial charge on any atom is -0.301 e. The van der Waals surface area contributed by atoms with Crippen molar-refractivity contribution >= 4 is 34.1 Å². The molecule has 0 saturated heterocycles. The van der Waals surface area contributed by atoms with Crippen molar-refractivity contribution in [1.29, 1.82) is 0 Å². The number of hydrogen-bond acceptors (Lipinski definition) is 5. The van der Waals surface area contributed by atoms with E-state index in [0.717, 1.165) is 22.7 Å². The number of halogens is 1. The molecule has 4 nitrogen and oxygen atoms in total. The molecule has 0 fully saturated rings. The monoisotopic (exact) mass is 325 g/mol. The van der Waals surface area contributed by atoms with Gasteiger partial charge in [-0.15, -0.1) is 10.2 Å². The standard InChI is InChI=1S/C14H16FN3OS2/c1-2-3-7-12(19)16-13-17-18-14(21-13)20-9-10-5-4-6-11(15)8-10/h4-6,8H,2-3,7,9H2,1H3,(H,16,17,19). The average Bonchev–Trinajstić information content (AvgIpc) is 2.90. The first kappa shape index (κ1) is 15.9. The van der Waals surface area contributed by atoms with Crippen LogP contribution in [-0.2, 0) is 10.5 Å². The van der Waals surface area contributed by atoms with Crippen LogP contribution in [0.15, 0.2) is 28.6 Å². The summed E-state index contributed by atoms with van der Waals surface area (Å²) in [7, 11) is 0. The van der Waals surface area contributed by atoms with Gasteiger partial charge in [-0.1, -0.05) is 48.6 Å². The van der Waals surface area contributed by atoms with Crippen molar-refractivity contribution in [2.75, 3.05) is 5.32 Å². The van der Waals surface area contributed by atoms with Crippen molar-refractivity contribution in [1.82, 2.24) is 10.2 Å². The number of nitrogens with one attached hydrogen (secondary N) is 1. The molecule has 1 N–H and O–H groups in total. The lowest BCUT2D eigenvalue weighted by atomic mass is 10.2. The second-order valence-corrected chi connectivity index (χ2v) is 6.64. The molecule has 21 heavy (non-hydrogen) atoms. The van der Waals surface area contributed by atoms with Crippen LogP contribution in [0.4, 0.5) is 9.52 Å². The quantitative estimate of drug-likeness (QED) is 0.615. The zero-order valence-corrected chi connectivity index (χ0v) is 13.3. The molecule has 1 heterocycles. The molecular weight excluding hydrogens is 309 g/mol. The number of unbranched alkanes of at least 4 members (excludes halogenated alkanes) is 1. The molecule has 1 aromatic carbocycles. The molecule has 0 aliphatic carbocycles. The maximum Gasteiger partial charge on any atom is 0.226 e. The molecule has 2 rings (SSSR count). The SMILES string of the molecule is CCCCC(=O)Nc1nnc(SCc2cccc(F)c2)s1. The van der Waals surface area contributed by atoms with Crippen LogP contribution < -0.4 is 5.32 Å². The van der Waals surface area contributed by atoms with Crippen molar-refractivity contribution in [3.8, 4) is 0 Å². The van der Waals surface area contributed by atoms with Gasteiger partial charge in [-0.25, -0.2) is 4.39 Å². The van der Waals surface area contributed by atoms with Crippen LogP contribution in [0.2, 0.25) is 0 Å². The Hall–Kier alpha value is -1.47. The molecule has 0 unspecified atom stereocenters. The number of benzene rings is 1. The molecule has 0 spiro atoms. The maximum atomic E-state index is 13.1. The lowest BCUT2D eigenvalue weighted by molar-refractivity contribution is -0.116. The lowest BCUT2D eigenvalue weighted by Gasteiger charge is -1.99. The Morgan fingerprint density at radius 2 is 2.29 bits per heavy atom. The summed E-state index contributed by atoms with van der Waals surface area (Å²) in [6, 6.07) is 6.47. The number of anilines is 1. The highest BCUT2D eigenvalue weighted by Gasteiger charge is 2.08. The minimum atomic E-state index is -0.241. The van der Waals surface area contributed by atoms with Crippen molar-refractivity contribution in [2.45, 2.75) is 36.3 Å². The second kappa shape index (κ2) is 8.09. The Labute approximate surface area is 131 Å². The Bertz CT molecular complexity index is 603. The number of amides is 1. The number of rotatable bonds is 7. The number of aromatic nitrogens is 2. The summed E-state index contributed by atoms with van der Waals surface area (Å²) in [6.07, 6.45) is 2.35. The Kier molecular flexibility index (Phi) is 6.13. The minimum absolute atomic E-state index is 0.0327. The van der Waals surface area contributed by atoms with E-state index in [0.29, 0.717) is 17.3 Å². The van der Waals surface area contributed by atoms with E-state index < -0.39 is 0 Å². The molecule has 0 atom stereocenters. The van der Waals surface area contributed by atoms with Gasteiger partial charge in [0.05, 0.1) is 0 Å². The Balaban J connectivity index is 1.84. The lowest BCUT2D eigenvalue weighted by Crippen LogP contribution is -2.10. The Morgan fingerprint density at radius 3 is 3.05 bits per heavy atom. The van der Waals surface area contributed by atoms with Crippen LogP contribution in [0.1, 0.15) is 31.7 Å². The van der Waals surface area contributed by atoms with Crippen molar-refractivity contribution in [3.05, 3.63) is 35.6 Å². The van der Waals surface area contributed by atoms with E-state index in [1.165, 1.54) is 35.2 Å². The zero-order chi connectivity index (χ0) is 15.1. The van der Waals surface area contributed by atoms with E-state index in [1.807, 2.05) is 13.0 Å². The van der Waals surface area contributed by atoms with E-state index >= 15 is 0 Å². The summed E-state index contributed by atoms with van der Waals surface area (Å²) < 4.78 is 13.8. The highest BCUT2D eigenvalue weighted by Crippen LogP contribution is 2.28.